The second-order valence-corrected chi connectivity index (χ2v) is 8.93. The highest BCUT2D eigenvalue weighted by molar-refractivity contribution is 5.98. The number of carbonyl (C=O) groups is 2. The van der Waals surface area contributed by atoms with E-state index in [1.165, 1.54) is 0 Å². The molecule has 0 saturated carbocycles. The Bertz CT molecular complexity index is 1680. The summed E-state index contributed by atoms with van der Waals surface area (Å²) < 4.78 is 13.3. The van der Waals surface area contributed by atoms with E-state index in [1.54, 1.807) is 6.07 Å². The summed E-state index contributed by atoms with van der Waals surface area (Å²) in [7, 11) is 0. The highest BCUT2D eigenvalue weighted by Crippen LogP contribution is 2.41. The lowest BCUT2D eigenvalue weighted by Gasteiger charge is -2.09. The standard InChI is InChI=1S/C32H25N3O4/c1-21-18-26(22(2)35(21)25-16-10-5-11-17-25)32(37)38-20-28(36)34-31-27(19-33)29(23-12-6-3-7-13-23)30(39-31)24-14-8-4-9-15-24/h3-18H,20H2,1-2H3,(H,34,36). The van der Waals surface area contributed by atoms with Gasteiger partial charge in [-0.3, -0.25) is 10.1 Å². The summed E-state index contributed by atoms with van der Waals surface area (Å²) in [6.45, 7) is 3.19. The fourth-order valence-electron chi connectivity index (χ4n) is 4.61. The Morgan fingerprint density at radius 2 is 1.49 bits per heavy atom. The molecule has 1 amide bonds. The number of hydrogen-bond acceptors (Lipinski definition) is 5. The van der Waals surface area contributed by atoms with Crippen LogP contribution < -0.4 is 5.32 Å². The monoisotopic (exact) mass is 515 g/mol. The predicted octanol–water partition coefficient (Wildman–Crippen LogP) is 6.69. The molecule has 2 aromatic heterocycles. The maximum absolute atomic E-state index is 12.9. The first-order chi connectivity index (χ1) is 19.0. The summed E-state index contributed by atoms with van der Waals surface area (Å²) in [5.74, 6) is -0.780. The van der Waals surface area contributed by atoms with Gasteiger partial charge >= 0.3 is 5.97 Å². The molecular weight excluding hydrogens is 490 g/mol. The number of benzene rings is 3. The van der Waals surface area contributed by atoms with E-state index in [-0.39, 0.29) is 11.4 Å². The number of hydrogen-bond donors (Lipinski definition) is 1. The quantitative estimate of drug-likeness (QED) is 0.244. The molecule has 0 spiro atoms. The lowest BCUT2D eigenvalue weighted by atomic mass is 9.98. The topological polar surface area (TPSA) is 97.3 Å². The van der Waals surface area contributed by atoms with E-state index in [1.807, 2.05) is 109 Å². The summed E-state index contributed by atoms with van der Waals surface area (Å²) in [5.41, 5.74) is 5.17. The zero-order valence-electron chi connectivity index (χ0n) is 21.5. The van der Waals surface area contributed by atoms with Crippen molar-refractivity contribution in [2.75, 3.05) is 11.9 Å². The molecule has 7 heteroatoms. The van der Waals surface area contributed by atoms with Gasteiger partial charge in [-0.05, 0) is 37.6 Å². The molecule has 0 atom stereocenters. The Labute approximate surface area is 225 Å². The van der Waals surface area contributed by atoms with E-state index >= 15 is 0 Å². The minimum atomic E-state index is -0.621. The fourth-order valence-corrected chi connectivity index (χ4v) is 4.61. The van der Waals surface area contributed by atoms with Crippen LogP contribution in [-0.4, -0.2) is 23.1 Å². The molecule has 5 rings (SSSR count). The Morgan fingerprint density at radius 1 is 0.897 bits per heavy atom. The predicted molar refractivity (Wildman–Crippen MR) is 148 cm³/mol. The van der Waals surface area contributed by atoms with Crippen molar-refractivity contribution in [3.05, 3.63) is 120 Å². The molecule has 0 radical (unpaired) electrons. The number of esters is 1. The number of amides is 1. The van der Waals surface area contributed by atoms with Crippen LogP contribution in [0.2, 0.25) is 0 Å². The maximum Gasteiger partial charge on any atom is 0.340 e. The fraction of sp³-hybridized carbons (Fsp3) is 0.0938. The first-order valence-corrected chi connectivity index (χ1v) is 12.4. The average molecular weight is 516 g/mol. The van der Waals surface area contributed by atoms with E-state index in [0.717, 1.165) is 22.5 Å². The van der Waals surface area contributed by atoms with Gasteiger partial charge in [0.1, 0.15) is 17.4 Å². The third-order valence-electron chi connectivity index (χ3n) is 6.37. The van der Waals surface area contributed by atoms with Crippen molar-refractivity contribution in [2.45, 2.75) is 13.8 Å². The summed E-state index contributed by atoms with van der Waals surface area (Å²) >= 11 is 0. The normalized spacial score (nSPS) is 10.6. The van der Waals surface area contributed by atoms with Crippen LogP contribution >= 0.6 is 0 Å². The van der Waals surface area contributed by atoms with Gasteiger partial charge in [-0.15, -0.1) is 0 Å². The molecule has 0 aliphatic carbocycles. The van der Waals surface area contributed by atoms with Crippen molar-refractivity contribution in [3.63, 3.8) is 0 Å². The largest absolute Gasteiger partial charge is 0.452 e. The number of furan rings is 1. The van der Waals surface area contributed by atoms with E-state index in [4.69, 9.17) is 9.15 Å². The van der Waals surface area contributed by atoms with Gasteiger partial charge in [-0.25, -0.2) is 4.79 Å². The van der Waals surface area contributed by atoms with Crippen LogP contribution in [-0.2, 0) is 9.53 Å². The van der Waals surface area contributed by atoms with E-state index in [9.17, 15) is 14.9 Å². The molecule has 0 aliphatic heterocycles. The summed E-state index contributed by atoms with van der Waals surface area (Å²) in [4.78, 5) is 25.7. The van der Waals surface area contributed by atoms with Crippen molar-refractivity contribution in [2.24, 2.45) is 0 Å². The molecule has 3 aromatic carbocycles. The van der Waals surface area contributed by atoms with Gasteiger partial charge in [0, 0.05) is 28.2 Å². The number of nitriles is 1. The molecule has 0 unspecified atom stereocenters. The lowest BCUT2D eigenvalue weighted by molar-refractivity contribution is -0.119. The third-order valence-corrected chi connectivity index (χ3v) is 6.37. The van der Waals surface area contributed by atoms with Gasteiger partial charge in [0.05, 0.1) is 5.56 Å². The zero-order chi connectivity index (χ0) is 27.4. The number of carbonyl (C=O) groups excluding carboxylic acids is 2. The van der Waals surface area contributed by atoms with Crippen LogP contribution in [0.3, 0.4) is 0 Å². The van der Waals surface area contributed by atoms with E-state index < -0.39 is 18.5 Å². The van der Waals surface area contributed by atoms with Gasteiger partial charge in [-0.2, -0.15) is 5.26 Å². The van der Waals surface area contributed by atoms with Crippen LogP contribution in [0.25, 0.3) is 28.1 Å². The summed E-state index contributed by atoms with van der Waals surface area (Å²) in [5, 5.41) is 12.6. The first-order valence-electron chi connectivity index (χ1n) is 12.4. The number of nitrogens with one attached hydrogen (secondary N) is 1. The minimum Gasteiger partial charge on any atom is -0.452 e. The molecule has 0 bridgehead atoms. The average Bonchev–Trinajstić information content (AvgIpc) is 3.49. The molecule has 0 saturated heterocycles. The summed E-state index contributed by atoms with van der Waals surface area (Å²) in [6.07, 6.45) is 0. The van der Waals surface area contributed by atoms with E-state index in [0.29, 0.717) is 22.6 Å². The molecule has 39 heavy (non-hydrogen) atoms. The maximum atomic E-state index is 12.9. The molecule has 2 heterocycles. The smallest absolute Gasteiger partial charge is 0.340 e. The molecular formula is C32H25N3O4. The van der Waals surface area contributed by atoms with Crippen molar-refractivity contribution in [1.29, 1.82) is 5.26 Å². The highest BCUT2D eigenvalue weighted by Gasteiger charge is 2.25. The van der Waals surface area contributed by atoms with Crippen LogP contribution in [0.5, 0.6) is 0 Å². The van der Waals surface area contributed by atoms with Gasteiger partial charge in [0.15, 0.2) is 6.61 Å². The van der Waals surface area contributed by atoms with E-state index in [2.05, 4.69) is 11.4 Å². The molecule has 5 aromatic rings. The number of anilines is 1. The van der Waals surface area contributed by atoms with Crippen molar-refractivity contribution >= 4 is 17.8 Å². The minimum absolute atomic E-state index is 0.00138. The van der Waals surface area contributed by atoms with Crippen molar-refractivity contribution in [1.82, 2.24) is 4.57 Å². The number of ether oxygens (including phenoxy) is 1. The lowest BCUT2D eigenvalue weighted by Crippen LogP contribution is -2.21. The number of aromatic nitrogens is 1. The molecule has 192 valence electrons. The second kappa shape index (κ2) is 11.0. The Hall–Kier alpha value is -5.35. The molecule has 1 N–H and O–H groups in total. The Morgan fingerprint density at radius 3 is 2.10 bits per heavy atom. The summed E-state index contributed by atoms with van der Waals surface area (Å²) in [6, 6.07) is 32.3. The molecule has 0 fully saturated rings. The molecule has 0 aliphatic rings. The SMILES string of the molecule is Cc1cc(C(=O)OCC(=O)Nc2oc(-c3ccccc3)c(-c3ccccc3)c2C#N)c(C)n1-c1ccccc1. The van der Waals surface area contributed by atoms with Gasteiger partial charge in [0.2, 0.25) is 5.88 Å². The third kappa shape index (κ3) is 5.09. The zero-order valence-corrected chi connectivity index (χ0v) is 21.5. The van der Waals surface area contributed by atoms with Gasteiger partial charge < -0.3 is 13.7 Å². The van der Waals surface area contributed by atoms with Crippen LogP contribution in [0.1, 0.15) is 27.3 Å². The van der Waals surface area contributed by atoms with Crippen LogP contribution in [0.15, 0.2) is 101 Å². The molecule has 7 nitrogen and oxygen atoms in total. The second-order valence-electron chi connectivity index (χ2n) is 8.93. The van der Waals surface area contributed by atoms with Gasteiger partial charge in [-0.1, -0.05) is 78.9 Å². The van der Waals surface area contributed by atoms with Crippen LogP contribution in [0, 0.1) is 25.2 Å². The van der Waals surface area contributed by atoms with Gasteiger partial charge in [0.25, 0.3) is 5.91 Å². The number of para-hydroxylation sites is 1. The highest BCUT2D eigenvalue weighted by atomic mass is 16.5. The van der Waals surface area contributed by atoms with Crippen LogP contribution in [0.4, 0.5) is 5.88 Å². The Kier molecular flexibility index (Phi) is 7.11. The number of rotatable bonds is 7. The number of nitrogens with zero attached hydrogens (tertiary/aromatic N) is 2. The number of aryl methyl sites for hydroxylation is 1. The Balaban J connectivity index is 1.37. The first kappa shape index (κ1) is 25.3. The van der Waals surface area contributed by atoms with Crippen molar-refractivity contribution in [3.8, 4) is 34.2 Å². The van der Waals surface area contributed by atoms with Crippen molar-refractivity contribution < 1.29 is 18.7 Å².